The monoisotopic (exact) mass is 387 g/mol. The van der Waals surface area contributed by atoms with Crippen LogP contribution in [0.3, 0.4) is 0 Å². The molecule has 1 atom stereocenters. The average Bonchev–Trinajstić information content (AvgIpc) is 2.96. The van der Waals surface area contributed by atoms with Gasteiger partial charge in [-0.05, 0) is 48.0 Å². The van der Waals surface area contributed by atoms with Crippen LogP contribution in [0.5, 0.6) is 5.75 Å². The largest absolute Gasteiger partial charge is 0.484 e. The van der Waals surface area contributed by atoms with Gasteiger partial charge < -0.3 is 4.74 Å². The van der Waals surface area contributed by atoms with E-state index in [9.17, 15) is 8.42 Å². The summed E-state index contributed by atoms with van der Waals surface area (Å²) in [6, 6.07) is 17.3. The maximum absolute atomic E-state index is 12.4. The zero-order valence-electron chi connectivity index (χ0n) is 13.7. The second-order valence-corrected chi connectivity index (χ2v) is 7.84. The fourth-order valence-electron chi connectivity index (χ4n) is 2.92. The van der Waals surface area contributed by atoms with E-state index in [0.717, 1.165) is 16.3 Å². The molecule has 0 aromatic heterocycles. The minimum absolute atomic E-state index is 0.0176. The smallest absolute Gasteiger partial charge is 0.358 e. The molecule has 0 amide bonds. The van der Waals surface area contributed by atoms with Gasteiger partial charge in [-0.1, -0.05) is 47.1 Å². The van der Waals surface area contributed by atoms with Crippen LogP contribution < -0.4 is 4.74 Å². The lowest BCUT2D eigenvalue weighted by Crippen LogP contribution is -2.18. The minimum atomic E-state index is -4.05. The third kappa shape index (κ3) is 2.91. The number of nitrogens with zero attached hydrogens (tertiary/aromatic N) is 1. The van der Waals surface area contributed by atoms with Crippen molar-refractivity contribution in [2.24, 2.45) is 5.16 Å². The Balaban J connectivity index is 1.75. The fraction of sp³-hybridized carbons (Fsp3) is 0.105. The van der Waals surface area contributed by atoms with E-state index in [1.807, 2.05) is 36.4 Å². The molecule has 0 radical (unpaired) electrons. The van der Waals surface area contributed by atoms with E-state index in [4.69, 9.17) is 20.6 Å². The van der Waals surface area contributed by atoms with E-state index in [0.29, 0.717) is 16.5 Å². The van der Waals surface area contributed by atoms with Crippen LogP contribution in [-0.4, -0.2) is 20.2 Å². The first-order valence-electron chi connectivity index (χ1n) is 7.91. The highest BCUT2D eigenvalue weighted by atomic mass is 35.5. The number of oxime groups is 1. The van der Waals surface area contributed by atoms with E-state index in [2.05, 4.69) is 5.16 Å². The van der Waals surface area contributed by atoms with Crippen LogP contribution in [-0.2, 0) is 14.4 Å². The summed E-state index contributed by atoms with van der Waals surface area (Å²) in [6.07, 6.45) is -0.420. The predicted molar refractivity (Wildman–Crippen MR) is 100 cm³/mol. The summed E-state index contributed by atoms with van der Waals surface area (Å²) in [5, 5.41) is 6.32. The molecule has 0 N–H and O–H groups in total. The van der Waals surface area contributed by atoms with Crippen LogP contribution in [0.15, 0.2) is 70.7 Å². The molecule has 0 saturated heterocycles. The quantitative estimate of drug-likeness (QED) is 0.625. The van der Waals surface area contributed by atoms with Gasteiger partial charge >= 0.3 is 10.1 Å². The summed E-state index contributed by atoms with van der Waals surface area (Å²) in [7, 11) is -4.05. The molecule has 1 aliphatic heterocycles. The maximum atomic E-state index is 12.4. The van der Waals surface area contributed by atoms with Crippen LogP contribution >= 0.6 is 11.6 Å². The van der Waals surface area contributed by atoms with Crippen molar-refractivity contribution in [2.75, 3.05) is 0 Å². The van der Waals surface area contributed by atoms with Crippen molar-refractivity contribution < 1.29 is 17.4 Å². The first-order chi connectivity index (χ1) is 12.5. The third-order valence-electron chi connectivity index (χ3n) is 4.17. The molecular formula is C19H14ClNO4S. The lowest BCUT2D eigenvalue weighted by atomic mass is 10.00. The molecule has 3 aromatic rings. The van der Waals surface area contributed by atoms with Crippen LogP contribution in [0.25, 0.3) is 10.8 Å². The molecule has 0 saturated carbocycles. The molecule has 3 aromatic carbocycles. The molecule has 1 heterocycles. The lowest BCUT2D eigenvalue weighted by Gasteiger charge is -2.06. The molecule has 0 fully saturated rings. The number of hydrogen-bond donors (Lipinski definition) is 0. The van der Waals surface area contributed by atoms with Gasteiger partial charge in [0.2, 0.25) is 0 Å². The standard InChI is InChI=1S/C19H14ClNO4S/c1-12-19(21-25-26(22,23)15-9-7-14(20)8-10-15)18-16-5-3-2-4-13(16)6-11-17(18)24-12/h2-12H,1H3/b21-19+. The average molecular weight is 388 g/mol. The zero-order chi connectivity index (χ0) is 18.3. The highest BCUT2D eigenvalue weighted by Crippen LogP contribution is 2.35. The van der Waals surface area contributed by atoms with Gasteiger partial charge in [0.1, 0.15) is 22.5 Å². The van der Waals surface area contributed by atoms with E-state index in [1.165, 1.54) is 24.3 Å². The Morgan fingerprint density at radius 2 is 1.77 bits per heavy atom. The Morgan fingerprint density at radius 3 is 2.54 bits per heavy atom. The second kappa shape index (κ2) is 6.30. The molecule has 1 unspecified atom stereocenters. The predicted octanol–water partition coefficient (Wildman–Crippen LogP) is 4.38. The molecule has 0 bridgehead atoms. The highest BCUT2D eigenvalue weighted by Gasteiger charge is 2.30. The molecule has 0 aliphatic carbocycles. The Morgan fingerprint density at radius 1 is 1.04 bits per heavy atom. The number of ether oxygens (including phenoxy) is 1. The summed E-state index contributed by atoms with van der Waals surface area (Å²) < 4.78 is 35.5. The number of benzene rings is 3. The van der Waals surface area contributed by atoms with E-state index >= 15 is 0 Å². The first kappa shape index (κ1) is 16.9. The second-order valence-electron chi connectivity index (χ2n) is 5.88. The van der Waals surface area contributed by atoms with Gasteiger partial charge in [-0.2, -0.15) is 8.42 Å². The Labute approximate surface area is 155 Å². The van der Waals surface area contributed by atoms with Gasteiger partial charge in [-0.15, -0.1) is 0 Å². The van der Waals surface area contributed by atoms with Crippen LogP contribution in [0.4, 0.5) is 0 Å². The van der Waals surface area contributed by atoms with E-state index in [-0.39, 0.29) is 4.90 Å². The van der Waals surface area contributed by atoms with Crippen LogP contribution in [0.1, 0.15) is 12.5 Å². The molecule has 26 heavy (non-hydrogen) atoms. The van der Waals surface area contributed by atoms with Crippen molar-refractivity contribution in [3.63, 3.8) is 0 Å². The molecule has 132 valence electrons. The summed E-state index contributed by atoms with van der Waals surface area (Å²) in [5.41, 5.74) is 1.19. The molecule has 7 heteroatoms. The maximum Gasteiger partial charge on any atom is 0.358 e. The van der Waals surface area contributed by atoms with Crippen molar-refractivity contribution in [1.29, 1.82) is 0 Å². The van der Waals surface area contributed by atoms with Crippen LogP contribution in [0, 0.1) is 0 Å². The summed E-state index contributed by atoms with van der Waals surface area (Å²) >= 11 is 5.79. The zero-order valence-corrected chi connectivity index (χ0v) is 15.3. The number of hydrogen-bond acceptors (Lipinski definition) is 5. The van der Waals surface area contributed by atoms with Gasteiger partial charge in [-0.25, -0.2) is 0 Å². The van der Waals surface area contributed by atoms with Crippen molar-refractivity contribution >= 4 is 38.2 Å². The van der Waals surface area contributed by atoms with E-state index in [1.54, 1.807) is 6.92 Å². The molecule has 0 spiro atoms. The van der Waals surface area contributed by atoms with Crippen LogP contribution in [0.2, 0.25) is 5.02 Å². The number of halogens is 1. The van der Waals surface area contributed by atoms with Crippen molar-refractivity contribution in [2.45, 2.75) is 17.9 Å². The number of fused-ring (bicyclic) bond motifs is 3. The first-order valence-corrected chi connectivity index (χ1v) is 9.70. The Hall–Kier alpha value is -2.57. The van der Waals surface area contributed by atoms with Gasteiger partial charge in [-0.3, -0.25) is 4.28 Å². The molecular weight excluding hydrogens is 374 g/mol. The van der Waals surface area contributed by atoms with Gasteiger partial charge in [0.05, 0.1) is 5.56 Å². The molecule has 1 aliphatic rings. The van der Waals surface area contributed by atoms with Crippen molar-refractivity contribution in [1.82, 2.24) is 0 Å². The summed E-state index contributed by atoms with van der Waals surface area (Å²) in [6.45, 7) is 1.80. The normalized spacial score (nSPS) is 17.9. The van der Waals surface area contributed by atoms with Crippen molar-refractivity contribution in [3.8, 4) is 5.75 Å². The summed E-state index contributed by atoms with van der Waals surface area (Å²) in [4.78, 5) is -0.0176. The van der Waals surface area contributed by atoms with Crippen molar-refractivity contribution in [3.05, 3.63) is 71.2 Å². The lowest BCUT2D eigenvalue weighted by molar-refractivity contribution is 0.291. The Bertz CT molecular complexity index is 1120. The van der Waals surface area contributed by atoms with Gasteiger partial charge in [0.25, 0.3) is 0 Å². The van der Waals surface area contributed by atoms with Gasteiger partial charge in [0, 0.05) is 5.02 Å². The molecule has 4 rings (SSSR count). The summed E-state index contributed by atoms with van der Waals surface area (Å²) in [5.74, 6) is 0.655. The molecule has 5 nitrogen and oxygen atoms in total. The van der Waals surface area contributed by atoms with E-state index < -0.39 is 16.2 Å². The topological polar surface area (TPSA) is 65.0 Å². The SMILES string of the molecule is CC1Oc2ccc3ccccc3c2/C1=N/OS(=O)(=O)c1ccc(Cl)cc1. The number of rotatable bonds is 3. The fourth-order valence-corrected chi connectivity index (χ4v) is 3.78. The highest BCUT2D eigenvalue weighted by molar-refractivity contribution is 7.86. The minimum Gasteiger partial charge on any atom is -0.484 e. The Kier molecular flexibility index (Phi) is 4.09. The third-order valence-corrected chi connectivity index (χ3v) is 5.54. The van der Waals surface area contributed by atoms with Gasteiger partial charge in [0.15, 0.2) is 0 Å².